The first-order valence-corrected chi connectivity index (χ1v) is 29.4. The number of nitrogens with zero attached hydrogens (tertiary/aromatic N) is 3. The van der Waals surface area contributed by atoms with Crippen LogP contribution in [0, 0.1) is 6.92 Å². The zero-order valence-corrected chi connectivity index (χ0v) is 50.8. The number of hydrogen-bond donors (Lipinski definition) is 0. The summed E-state index contributed by atoms with van der Waals surface area (Å²) in [7, 11) is 0. The predicted molar refractivity (Wildman–Crippen MR) is 343 cm³/mol. The third-order valence-electron chi connectivity index (χ3n) is 18.8. The van der Waals surface area contributed by atoms with Crippen molar-refractivity contribution < 1.29 is 0 Å². The minimum absolute atomic E-state index is 0.00455. The Kier molecular flexibility index (Phi) is 11.8. The summed E-state index contributed by atoms with van der Waals surface area (Å²) >= 11 is 0. The van der Waals surface area contributed by atoms with E-state index < -0.39 is 0 Å². The Morgan fingerprint density at radius 2 is 0.848 bits per heavy atom. The standard InChI is InChI=1S/C75H84BN3/c1-47-37-49(69(2,3)4)30-34-62(47)78-64-36-32-54(77(52-25-21-19-22-26-52)53-27-23-20-24-28-53)42-60(64)76-61-43-58-59(75(17,18)46-74(58,15)16)44-65(61)79(67-41-51(71(8,9)10)40-66(78)68(67)76)63-35-31-50(70(5,6)7)39-55(63)48-29-33-56-57(38-48)73(13,14)45-72(56,11)12/h19-44H,45-46H2,1-18H3. The second-order valence-electron chi connectivity index (χ2n) is 29.9. The zero-order valence-electron chi connectivity index (χ0n) is 50.8. The number of benzene rings is 8. The van der Waals surface area contributed by atoms with Gasteiger partial charge in [0.05, 0.1) is 5.69 Å². The highest BCUT2D eigenvalue weighted by Crippen LogP contribution is 2.56. The summed E-state index contributed by atoms with van der Waals surface area (Å²) in [6.07, 6.45) is 2.22. The van der Waals surface area contributed by atoms with Crippen molar-refractivity contribution in [3.63, 3.8) is 0 Å². The van der Waals surface area contributed by atoms with Crippen LogP contribution in [0.2, 0.25) is 0 Å². The van der Waals surface area contributed by atoms with Gasteiger partial charge in [0.2, 0.25) is 0 Å². The fourth-order valence-corrected chi connectivity index (χ4v) is 15.1. The molecule has 402 valence electrons. The SMILES string of the molecule is Cc1cc(C(C)(C)C)ccc1N1c2ccc(N(c3ccccc3)c3ccccc3)cc2B2c3cc4c(cc3N(c3ccc(C(C)(C)C)cc3-c3ccc5c(c3)C(C)(C)CC5(C)C)c3cc(C(C)(C)C)cc1c32)C(C)(C)CC4(C)C. The van der Waals surface area contributed by atoms with Crippen LogP contribution in [0.3, 0.4) is 0 Å². The topological polar surface area (TPSA) is 9.72 Å². The molecule has 8 aromatic rings. The minimum Gasteiger partial charge on any atom is -0.311 e. The first-order valence-electron chi connectivity index (χ1n) is 29.4. The summed E-state index contributed by atoms with van der Waals surface area (Å²) in [6, 6.07) is 61.9. The van der Waals surface area contributed by atoms with Gasteiger partial charge in [-0.15, -0.1) is 0 Å². The smallest absolute Gasteiger partial charge is 0.252 e. The van der Waals surface area contributed by atoms with Crippen LogP contribution in [0.15, 0.2) is 158 Å². The molecule has 0 radical (unpaired) electrons. The second kappa shape index (κ2) is 17.6. The van der Waals surface area contributed by atoms with E-state index in [0.29, 0.717) is 0 Å². The molecule has 3 nitrogen and oxygen atoms in total. The molecule has 0 spiro atoms. The van der Waals surface area contributed by atoms with Gasteiger partial charge in [0, 0.05) is 51.1 Å². The van der Waals surface area contributed by atoms with Crippen molar-refractivity contribution in [2.45, 2.75) is 175 Å². The molecule has 0 saturated carbocycles. The van der Waals surface area contributed by atoms with Crippen LogP contribution >= 0.6 is 0 Å². The number of anilines is 9. The molecule has 79 heavy (non-hydrogen) atoms. The summed E-state index contributed by atoms with van der Waals surface area (Å²) in [4.78, 5) is 7.84. The third kappa shape index (κ3) is 8.60. The van der Waals surface area contributed by atoms with E-state index in [1.807, 2.05) is 0 Å². The molecule has 0 saturated heterocycles. The lowest BCUT2D eigenvalue weighted by molar-refractivity contribution is 0.403. The lowest BCUT2D eigenvalue weighted by Gasteiger charge is -2.46. The van der Waals surface area contributed by atoms with E-state index in [0.717, 1.165) is 29.9 Å². The Balaban J connectivity index is 1.23. The van der Waals surface area contributed by atoms with E-state index in [-0.39, 0.29) is 44.6 Å². The number of rotatable bonds is 6. The molecule has 0 fully saturated rings. The molecule has 2 aliphatic heterocycles. The van der Waals surface area contributed by atoms with Crippen LogP contribution in [-0.2, 0) is 37.9 Å². The maximum absolute atomic E-state index is 2.74. The lowest BCUT2D eigenvalue weighted by Crippen LogP contribution is -2.61. The number of aryl methyl sites for hydroxylation is 1. The summed E-state index contributed by atoms with van der Waals surface area (Å²) < 4.78 is 0. The van der Waals surface area contributed by atoms with Crippen molar-refractivity contribution in [2.75, 3.05) is 14.7 Å². The molecule has 0 bridgehead atoms. The highest BCUT2D eigenvalue weighted by atomic mass is 15.2. The van der Waals surface area contributed by atoms with Crippen LogP contribution < -0.4 is 31.1 Å². The van der Waals surface area contributed by atoms with Gasteiger partial charge in [0.15, 0.2) is 0 Å². The van der Waals surface area contributed by atoms with E-state index in [1.165, 1.54) is 106 Å². The average molecular weight is 1040 g/mol. The van der Waals surface area contributed by atoms with E-state index in [4.69, 9.17) is 0 Å². The van der Waals surface area contributed by atoms with E-state index >= 15 is 0 Å². The molecule has 0 amide bonds. The molecule has 4 heteroatoms. The van der Waals surface area contributed by atoms with Crippen LogP contribution in [-0.4, -0.2) is 6.71 Å². The minimum atomic E-state index is -0.166. The maximum Gasteiger partial charge on any atom is 0.252 e. The van der Waals surface area contributed by atoms with Gasteiger partial charge in [-0.05, 0) is 203 Å². The third-order valence-corrected chi connectivity index (χ3v) is 18.8. The fraction of sp³-hybridized carbons (Fsp3) is 0.360. The Hall–Kier alpha value is -6.78. The van der Waals surface area contributed by atoms with Gasteiger partial charge in [0.1, 0.15) is 0 Å². The first kappa shape index (κ1) is 52.9. The van der Waals surface area contributed by atoms with E-state index in [2.05, 4.69) is 297 Å². The summed E-state index contributed by atoms with van der Waals surface area (Å²) in [5.41, 5.74) is 28.5. The van der Waals surface area contributed by atoms with Gasteiger partial charge < -0.3 is 14.7 Å². The summed E-state index contributed by atoms with van der Waals surface area (Å²) in [5, 5.41) is 0. The molecular weight excluding hydrogens is 954 g/mol. The van der Waals surface area contributed by atoms with Gasteiger partial charge in [-0.3, -0.25) is 0 Å². The molecule has 0 atom stereocenters. The Morgan fingerprint density at radius 1 is 0.380 bits per heavy atom. The van der Waals surface area contributed by atoms with Crippen molar-refractivity contribution >= 4 is 74.3 Å². The first-order chi connectivity index (χ1) is 36.9. The van der Waals surface area contributed by atoms with Gasteiger partial charge in [-0.25, -0.2) is 0 Å². The van der Waals surface area contributed by atoms with Gasteiger partial charge in [0.25, 0.3) is 6.71 Å². The molecule has 4 aliphatic rings. The van der Waals surface area contributed by atoms with Crippen molar-refractivity contribution in [3.05, 3.63) is 202 Å². The summed E-state index contributed by atoms with van der Waals surface area (Å²) in [6.45, 7) is 43.2. The molecule has 8 aromatic carbocycles. The Labute approximate surface area is 475 Å². The number of para-hydroxylation sites is 2. The largest absolute Gasteiger partial charge is 0.311 e. The maximum atomic E-state index is 2.74. The number of hydrogen-bond acceptors (Lipinski definition) is 3. The van der Waals surface area contributed by atoms with Crippen molar-refractivity contribution in [2.24, 2.45) is 0 Å². The van der Waals surface area contributed by atoms with Crippen molar-refractivity contribution in [1.29, 1.82) is 0 Å². The molecule has 0 unspecified atom stereocenters. The predicted octanol–water partition coefficient (Wildman–Crippen LogP) is 19.0. The zero-order chi connectivity index (χ0) is 56.3. The van der Waals surface area contributed by atoms with Crippen LogP contribution in [0.1, 0.15) is 175 Å². The lowest BCUT2D eigenvalue weighted by atomic mass is 9.33. The molecule has 2 heterocycles. The molecular formula is C75H84BN3. The van der Waals surface area contributed by atoms with E-state index in [9.17, 15) is 0 Å². The second-order valence-corrected chi connectivity index (χ2v) is 29.9. The normalized spacial score (nSPS) is 17.2. The monoisotopic (exact) mass is 1040 g/mol. The fourth-order valence-electron chi connectivity index (χ4n) is 15.1. The van der Waals surface area contributed by atoms with Crippen molar-refractivity contribution in [1.82, 2.24) is 0 Å². The van der Waals surface area contributed by atoms with E-state index in [1.54, 1.807) is 0 Å². The van der Waals surface area contributed by atoms with Crippen LogP contribution in [0.25, 0.3) is 11.1 Å². The Bertz CT molecular complexity index is 3720. The highest BCUT2D eigenvalue weighted by molar-refractivity contribution is 7.00. The summed E-state index contributed by atoms with van der Waals surface area (Å²) in [5.74, 6) is 0. The molecule has 12 rings (SSSR count). The average Bonchev–Trinajstić information content (AvgIpc) is 3.06. The quantitative estimate of drug-likeness (QED) is 0.154. The number of fused-ring (bicyclic) bond motifs is 6. The van der Waals surface area contributed by atoms with Gasteiger partial charge in [-0.1, -0.05) is 197 Å². The van der Waals surface area contributed by atoms with Gasteiger partial charge in [-0.2, -0.15) is 0 Å². The van der Waals surface area contributed by atoms with Crippen molar-refractivity contribution in [3.8, 4) is 11.1 Å². The van der Waals surface area contributed by atoms with Gasteiger partial charge >= 0.3 is 0 Å². The highest BCUT2D eigenvalue weighted by Gasteiger charge is 2.49. The Morgan fingerprint density at radius 3 is 1.39 bits per heavy atom. The molecule has 2 aliphatic carbocycles. The molecule has 0 N–H and O–H groups in total. The molecule has 0 aromatic heterocycles. The van der Waals surface area contributed by atoms with Crippen LogP contribution in [0.5, 0.6) is 0 Å². The van der Waals surface area contributed by atoms with Crippen LogP contribution in [0.4, 0.5) is 51.2 Å².